The second kappa shape index (κ2) is 4.23. The minimum Gasteiger partial charge on any atom is -0.382 e. The van der Waals surface area contributed by atoms with Crippen molar-refractivity contribution in [3.05, 3.63) is 11.8 Å². The standard InChI is InChI=1S/C11H19N3O/c1-8-7-14(13-11(8)12)9(2)10-3-5-15-6-4-10/h7,9-10H,3-6H2,1-2H3,(H2,12,13). The van der Waals surface area contributed by atoms with E-state index >= 15 is 0 Å². The van der Waals surface area contributed by atoms with Gasteiger partial charge in [-0.05, 0) is 32.6 Å². The molecule has 0 aliphatic carbocycles. The van der Waals surface area contributed by atoms with Crippen molar-refractivity contribution in [1.29, 1.82) is 0 Å². The van der Waals surface area contributed by atoms with Crippen LogP contribution in [-0.2, 0) is 4.74 Å². The molecule has 0 aromatic carbocycles. The summed E-state index contributed by atoms with van der Waals surface area (Å²) >= 11 is 0. The monoisotopic (exact) mass is 209 g/mol. The van der Waals surface area contributed by atoms with E-state index < -0.39 is 0 Å². The van der Waals surface area contributed by atoms with Crippen molar-refractivity contribution in [3.8, 4) is 0 Å². The molecule has 1 aromatic rings. The van der Waals surface area contributed by atoms with Gasteiger partial charge in [0.2, 0.25) is 0 Å². The van der Waals surface area contributed by atoms with E-state index in [0.717, 1.165) is 31.6 Å². The molecule has 1 saturated heterocycles. The molecule has 1 aliphatic rings. The normalized spacial score (nSPS) is 20.4. The maximum absolute atomic E-state index is 5.75. The van der Waals surface area contributed by atoms with E-state index in [2.05, 4.69) is 12.0 Å². The van der Waals surface area contributed by atoms with Gasteiger partial charge in [-0.1, -0.05) is 0 Å². The lowest BCUT2D eigenvalue weighted by molar-refractivity contribution is 0.0496. The summed E-state index contributed by atoms with van der Waals surface area (Å²) in [6.45, 7) is 5.97. The Labute approximate surface area is 90.4 Å². The van der Waals surface area contributed by atoms with Gasteiger partial charge in [-0.25, -0.2) is 0 Å². The first-order valence-corrected chi connectivity index (χ1v) is 5.57. The number of anilines is 1. The molecule has 2 N–H and O–H groups in total. The van der Waals surface area contributed by atoms with Crippen molar-refractivity contribution in [1.82, 2.24) is 9.78 Å². The van der Waals surface area contributed by atoms with E-state index in [1.165, 1.54) is 0 Å². The average molecular weight is 209 g/mol. The highest BCUT2D eigenvalue weighted by Crippen LogP contribution is 2.27. The van der Waals surface area contributed by atoms with Gasteiger partial charge >= 0.3 is 0 Å². The molecular formula is C11H19N3O. The zero-order valence-corrected chi connectivity index (χ0v) is 9.44. The van der Waals surface area contributed by atoms with E-state index in [1.54, 1.807) is 0 Å². The van der Waals surface area contributed by atoms with Crippen LogP contribution in [0, 0.1) is 12.8 Å². The van der Waals surface area contributed by atoms with Crippen LogP contribution in [0.2, 0.25) is 0 Å². The van der Waals surface area contributed by atoms with Crippen LogP contribution in [0.15, 0.2) is 6.20 Å². The highest BCUT2D eigenvalue weighted by atomic mass is 16.5. The number of nitrogens with two attached hydrogens (primary N) is 1. The predicted octanol–water partition coefficient (Wildman–Crippen LogP) is 1.76. The molecule has 4 nitrogen and oxygen atoms in total. The van der Waals surface area contributed by atoms with E-state index in [1.807, 2.05) is 17.8 Å². The largest absolute Gasteiger partial charge is 0.382 e. The molecule has 0 amide bonds. The number of aromatic nitrogens is 2. The first-order valence-electron chi connectivity index (χ1n) is 5.57. The van der Waals surface area contributed by atoms with Gasteiger partial charge in [0.1, 0.15) is 5.82 Å². The number of aryl methyl sites for hydroxylation is 1. The zero-order valence-electron chi connectivity index (χ0n) is 9.44. The van der Waals surface area contributed by atoms with Crippen LogP contribution < -0.4 is 5.73 Å². The van der Waals surface area contributed by atoms with Crippen LogP contribution in [0.1, 0.15) is 31.4 Å². The van der Waals surface area contributed by atoms with Crippen LogP contribution in [0.3, 0.4) is 0 Å². The van der Waals surface area contributed by atoms with Crippen LogP contribution in [-0.4, -0.2) is 23.0 Å². The van der Waals surface area contributed by atoms with Crippen molar-refractivity contribution in [3.63, 3.8) is 0 Å². The molecule has 15 heavy (non-hydrogen) atoms. The van der Waals surface area contributed by atoms with Gasteiger partial charge in [0.05, 0.1) is 6.04 Å². The molecule has 1 unspecified atom stereocenters. The van der Waals surface area contributed by atoms with Crippen molar-refractivity contribution < 1.29 is 4.74 Å². The van der Waals surface area contributed by atoms with Gasteiger partial charge < -0.3 is 10.5 Å². The van der Waals surface area contributed by atoms with E-state index in [9.17, 15) is 0 Å². The van der Waals surface area contributed by atoms with Crippen LogP contribution in [0.4, 0.5) is 5.82 Å². The SMILES string of the molecule is Cc1cn(C(C)C2CCOCC2)nc1N. The third-order valence-corrected chi connectivity index (χ3v) is 3.32. The molecule has 2 rings (SSSR count). The van der Waals surface area contributed by atoms with Crippen LogP contribution >= 0.6 is 0 Å². The third-order valence-electron chi connectivity index (χ3n) is 3.32. The predicted molar refractivity (Wildman–Crippen MR) is 59.6 cm³/mol. The number of ether oxygens (including phenoxy) is 1. The number of hydrogen-bond donors (Lipinski definition) is 1. The first kappa shape index (κ1) is 10.5. The average Bonchev–Trinajstić information content (AvgIpc) is 2.59. The van der Waals surface area contributed by atoms with Crippen LogP contribution in [0.5, 0.6) is 0 Å². The van der Waals surface area contributed by atoms with Gasteiger partial charge in [0, 0.05) is 25.0 Å². The molecule has 0 spiro atoms. The lowest BCUT2D eigenvalue weighted by Crippen LogP contribution is -2.24. The van der Waals surface area contributed by atoms with Crippen molar-refractivity contribution in [2.75, 3.05) is 18.9 Å². The zero-order chi connectivity index (χ0) is 10.8. The molecule has 1 aliphatic heterocycles. The van der Waals surface area contributed by atoms with Crippen molar-refractivity contribution in [2.45, 2.75) is 32.7 Å². The lowest BCUT2D eigenvalue weighted by atomic mass is 9.93. The van der Waals surface area contributed by atoms with Gasteiger partial charge in [-0.3, -0.25) is 4.68 Å². The Morgan fingerprint density at radius 1 is 1.53 bits per heavy atom. The lowest BCUT2D eigenvalue weighted by Gasteiger charge is -2.27. The van der Waals surface area contributed by atoms with E-state index in [4.69, 9.17) is 10.5 Å². The highest BCUT2D eigenvalue weighted by Gasteiger charge is 2.22. The van der Waals surface area contributed by atoms with Crippen LogP contribution in [0.25, 0.3) is 0 Å². The maximum atomic E-state index is 5.75. The second-order valence-electron chi connectivity index (χ2n) is 4.37. The molecule has 4 heteroatoms. The van der Waals surface area contributed by atoms with Gasteiger partial charge in [0.15, 0.2) is 0 Å². The fraction of sp³-hybridized carbons (Fsp3) is 0.727. The van der Waals surface area contributed by atoms with Gasteiger partial charge in [-0.2, -0.15) is 5.10 Å². The van der Waals surface area contributed by atoms with E-state index in [0.29, 0.717) is 17.8 Å². The summed E-state index contributed by atoms with van der Waals surface area (Å²) in [6, 6.07) is 0.421. The topological polar surface area (TPSA) is 53.1 Å². The fourth-order valence-electron chi connectivity index (χ4n) is 2.12. The Morgan fingerprint density at radius 2 is 2.20 bits per heavy atom. The number of hydrogen-bond acceptors (Lipinski definition) is 3. The van der Waals surface area contributed by atoms with Crippen molar-refractivity contribution >= 4 is 5.82 Å². The summed E-state index contributed by atoms with van der Waals surface area (Å²) in [5.74, 6) is 1.31. The highest BCUT2D eigenvalue weighted by molar-refractivity contribution is 5.35. The fourth-order valence-corrected chi connectivity index (χ4v) is 2.12. The minimum absolute atomic E-state index is 0.421. The second-order valence-corrected chi connectivity index (χ2v) is 4.37. The molecule has 1 fully saturated rings. The summed E-state index contributed by atoms with van der Waals surface area (Å²) in [5, 5.41) is 4.34. The Bertz CT molecular complexity index is 309. The molecule has 1 atom stereocenters. The Kier molecular flexibility index (Phi) is 2.95. The van der Waals surface area contributed by atoms with Crippen molar-refractivity contribution in [2.24, 2.45) is 5.92 Å². The summed E-state index contributed by atoms with van der Waals surface area (Å²) in [7, 11) is 0. The summed E-state index contributed by atoms with van der Waals surface area (Å²) in [6.07, 6.45) is 4.29. The molecule has 0 saturated carbocycles. The Morgan fingerprint density at radius 3 is 2.73 bits per heavy atom. The summed E-state index contributed by atoms with van der Waals surface area (Å²) in [4.78, 5) is 0. The number of nitrogens with zero attached hydrogens (tertiary/aromatic N) is 2. The molecular weight excluding hydrogens is 190 g/mol. The smallest absolute Gasteiger partial charge is 0.148 e. The maximum Gasteiger partial charge on any atom is 0.148 e. The molecule has 1 aromatic heterocycles. The van der Waals surface area contributed by atoms with Gasteiger partial charge in [-0.15, -0.1) is 0 Å². The van der Waals surface area contributed by atoms with Gasteiger partial charge in [0.25, 0.3) is 0 Å². The quantitative estimate of drug-likeness (QED) is 0.807. The summed E-state index contributed by atoms with van der Waals surface area (Å²) in [5.41, 5.74) is 6.82. The molecule has 0 radical (unpaired) electrons. The third kappa shape index (κ3) is 2.15. The Balaban J connectivity index is 2.08. The summed E-state index contributed by atoms with van der Waals surface area (Å²) < 4.78 is 7.36. The number of rotatable bonds is 2. The molecule has 84 valence electrons. The Hall–Kier alpha value is -1.03. The number of nitrogen functional groups attached to an aromatic ring is 1. The molecule has 0 bridgehead atoms. The minimum atomic E-state index is 0.421. The first-order chi connectivity index (χ1) is 7.18. The molecule has 2 heterocycles. The van der Waals surface area contributed by atoms with E-state index in [-0.39, 0.29) is 0 Å².